The number of benzene rings is 2. The van der Waals surface area contributed by atoms with Crippen molar-refractivity contribution in [2.45, 2.75) is 97.4 Å². The number of ether oxygens (including phenoxy) is 1. The number of para-hydroxylation sites is 1. The highest BCUT2D eigenvalue weighted by Crippen LogP contribution is 2.26. The van der Waals surface area contributed by atoms with Gasteiger partial charge < -0.3 is 33.6 Å². The summed E-state index contributed by atoms with van der Waals surface area (Å²) in [6.45, 7) is 5.61. The third-order valence-electron chi connectivity index (χ3n) is 7.52. The fraction of sp³-hybridized carbons (Fsp3) is 0.486. The molecule has 2 aromatic carbocycles. The van der Waals surface area contributed by atoms with Crippen LogP contribution in [0.4, 0.5) is 5.69 Å². The molecular weight excluding hydrogens is 607 g/mol. The molecule has 0 saturated heterocycles. The Bertz CT molecular complexity index is 1100. The molecule has 3 aromatic rings. The van der Waals surface area contributed by atoms with Crippen LogP contribution in [0.3, 0.4) is 0 Å². The van der Waals surface area contributed by atoms with Crippen LogP contribution >= 0.6 is 0 Å². The fourth-order valence-corrected chi connectivity index (χ4v) is 4.97. The molecule has 0 spiro atoms. The van der Waals surface area contributed by atoms with Gasteiger partial charge in [-0.1, -0.05) is 108 Å². The van der Waals surface area contributed by atoms with Crippen molar-refractivity contribution in [1.29, 1.82) is 0 Å². The number of aromatic nitrogens is 1. The first-order valence-electron chi connectivity index (χ1n) is 15.1. The Morgan fingerprint density at radius 2 is 1.32 bits per heavy atom. The monoisotopic (exact) mass is 656 g/mol. The Morgan fingerprint density at radius 3 is 1.93 bits per heavy atom. The summed E-state index contributed by atoms with van der Waals surface area (Å²) in [5.41, 5.74) is 3.76. The third kappa shape index (κ3) is 11.6. The summed E-state index contributed by atoms with van der Waals surface area (Å²) in [7, 11) is 1.95. The van der Waals surface area contributed by atoms with E-state index in [1.807, 2.05) is 83.5 Å². The number of hydrogen-bond donors (Lipinski definition) is 0. The maximum atomic E-state index is 13.6. The number of aryl methyl sites for hydroxylation is 1. The molecule has 1 heterocycles. The lowest BCUT2D eigenvalue weighted by Crippen LogP contribution is -3.00. The minimum Gasteiger partial charge on any atom is -1.00 e. The van der Waals surface area contributed by atoms with Crippen molar-refractivity contribution in [3.05, 3.63) is 89.7 Å². The molecule has 0 fully saturated rings. The van der Waals surface area contributed by atoms with E-state index in [0.717, 1.165) is 35.6 Å². The molecule has 1 amide bonds. The highest BCUT2D eigenvalue weighted by atomic mass is 127. The van der Waals surface area contributed by atoms with E-state index in [-0.39, 0.29) is 29.9 Å². The van der Waals surface area contributed by atoms with Gasteiger partial charge in [-0.3, -0.25) is 4.79 Å². The molecule has 0 aliphatic heterocycles. The Morgan fingerprint density at radius 1 is 0.750 bits per heavy atom. The van der Waals surface area contributed by atoms with Crippen LogP contribution in [0, 0.1) is 6.92 Å². The Labute approximate surface area is 260 Å². The van der Waals surface area contributed by atoms with E-state index < -0.39 is 0 Å². The first-order valence-corrected chi connectivity index (χ1v) is 15.1. The van der Waals surface area contributed by atoms with E-state index in [1.165, 1.54) is 70.6 Å². The topological polar surface area (TPSA) is 33.4 Å². The van der Waals surface area contributed by atoms with Gasteiger partial charge in [-0.05, 0) is 42.7 Å². The van der Waals surface area contributed by atoms with E-state index >= 15 is 0 Å². The number of halogens is 1. The number of pyridine rings is 1. The van der Waals surface area contributed by atoms with Crippen LogP contribution in [-0.2, 0) is 13.6 Å². The highest BCUT2D eigenvalue weighted by Gasteiger charge is 2.20. The normalized spacial score (nSPS) is 10.7. The van der Waals surface area contributed by atoms with Gasteiger partial charge in [0, 0.05) is 17.8 Å². The van der Waals surface area contributed by atoms with Crippen LogP contribution in [0.1, 0.15) is 105 Å². The number of anilines is 1. The maximum absolute atomic E-state index is 13.6. The number of nitrogens with zero attached hydrogens (tertiary/aromatic N) is 2. The SMILES string of the molecule is CCCCCCCCCCCCCCOc1cccc(CN(C(=O)c2cc[n+](C)cc2)c2ccccc2)c1C.[I-]. The highest BCUT2D eigenvalue weighted by molar-refractivity contribution is 6.05. The number of unbranched alkanes of at least 4 members (excludes halogenated alkanes) is 11. The molecule has 0 saturated carbocycles. The molecule has 4 nitrogen and oxygen atoms in total. The van der Waals surface area contributed by atoms with Crippen molar-refractivity contribution in [3.63, 3.8) is 0 Å². The number of carbonyl (C=O) groups excluding carboxylic acids is 1. The number of carbonyl (C=O) groups is 1. The Hall–Kier alpha value is -2.41. The third-order valence-corrected chi connectivity index (χ3v) is 7.52. The van der Waals surface area contributed by atoms with Gasteiger partial charge in [-0.15, -0.1) is 0 Å². The lowest BCUT2D eigenvalue weighted by atomic mass is 10.1. The summed E-state index contributed by atoms with van der Waals surface area (Å²) in [6.07, 6.45) is 19.9. The van der Waals surface area contributed by atoms with Gasteiger partial charge in [-0.2, -0.15) is 0 Å². The smallest absolute Gasteiger partial charge is 0.259 e. The average molecular weight is 657 g/mol. The maximum Gasteiger partial charge on any atom is 0.259 e. The summed E-state index contributed by atoms with van der Waals surface area (Å²) >= 11 is 0. The quantitative estimate of drug-likeness (QED) is 0.0994. The summed E-state index contributed by atoms with van der Waals surface area (Å²) < 4.78 is 8.14. The molecule has 0 atom stereocenters. The first kappa shape index (κ1) is 33.8. The van der Waals surface area contributed by atoms with Gasteiger partial charge in [0.2, 0.25) is 0 Å². The molecular formula is C35H49IN2O2. The van der Waals surface area contributed by atoms with E-state index in [0.29, 0.717) is 12.1 Å². The molecule has 5 heteroatoms. The van der Waals surface area contributed by atoms with Crippen molar-refractivity contribution in [2.24, 2.45) is 7.05 Å². The van der Waals surface area contributed by atoms with Crippen LogP contribution in [0.25, 0.3) is 0 Å². The van der Waals surface area contributed by atoms with E-state index in [2.05, 4.69) is 19.9 Å². The minimum atomic E-state index is -0.0102. The zero-order chi connectivity index (χ0) is 27.7. The molecule has 218 valence electrons. The van der Waals surface area contributed by atoms with Gasteiger partial charge in [0.1, 0.15) is 12.8 Å². The van der Waals surface area contributed by atoms with Gasteiger partial charge >= 0.3 is 0 Å². The molecule has 3 rings (SSSR count). The lowest BCUT2D eigenvalue weighted by Gasteiger charge is -2.24. The minimum absolute atomic E-state index is 0. The standard InChI is InChI=1S/C35H49N2O2.HI/c1-4-5-6-7-8-9-10-11-12-13-14-18-28-39-34-23-19-20-32(30(34)2)29-37(33-21-16-15-17-22-33)35(38)31-24-26-36(3)27-25-31;/h15-17,19-27H,4-14,18,28-29H2,1-3H3;1H/q+1;/p-1. The fourth-order valence-electron chi connectivity index (χ4n) is 4.97. The van der Waals surface area contributed by atoms with Crippen molar-refractivity contribution in [2.75, 3.05) is 11.5 Å². The molecule has 0 N–H and O–H groups in total. The summed E-state index contributed by atoms with van der Waals surface area (Å²) in [6, 6.07) is 19.8. The second kappa shape index (κ2) is 19.6. The number of hydrogen-bond acceptors (Lipinski definition) is 2. The van der Waals surface area contributed by atoms with E-state index in [4.69, 9.17) is 4.74 Å². The number of rotatable bonds is 18. The van der Waals surface area contributed by atoms with Crippen molar-refractivity contribution < 1.29 is 38.1 Å². The predicted molar refractivity (Wildman–Crippen MR) is 162 cm³/mol. The van der Waals surface area contributed by atoms with E-state index in [1.54, 1.807) is 0 Å². The lowest BCUT2D eigenvalue weighted by molar-refractivity contribution is -0.671. The molecule has 0 radical (unpaired) electrons. The summed E-state index contributed by atoms with van der Waals surface area (Å²) in [5.74, 6) is 0.909. The predicted octanol–water partition coefficient (Wildman–Crippen LogP) is 5.75. The molecule has 1 aromatic heterocycles. The van der Waals surface area contributed by atoms with Gasteiger partial charge in [0.15, 0.2) is 12.4 Å². The van der Waals surface area contributed by atoms with Crippen molar-refractivity contribution in [1.82, 2.24) is 0 Å². The molecule has 0 unspecified atom stereocenters. The number of amides is 1. The Kier molecular flexibility index (Phi) is 16.6. The van der Waals surface area contributed by atoms with Gasteiger partial charge in [0.05, 0.1) is 18.7 Å². The van der Waals surface area contributed by atoms with Crippen LogP contribution in [0.15, 0.2) is 73.1 Å². The van der Waals surface area contributed by atoms with Crippen LogP contribution < -0.4 is 38.2 Å². The average Bonchev–Trinajstić information content (AvgIpc) is 2.96. The zero-order valence-corrected chi connectivity index (χ0v) is 27.1. The van der Waals surface area contributed by atoms with Crippen LogP contribution in [0.2, 0.25) is 0 Å². The summed E-state index contributed by atoms with van der Waals surface area (Å²) in [4.78, 5) is 15.4. The first-order chi connectivity index (χ1) is 19.1. The van der Waals surface area contributed by atoms with Crippen molar-refractivity contribution >= 4 is 11.6 Å². The van der Waals surface area contributed by atoms with Crippen molar-refractivity contribution in [3.8, 4) is 5.75 Å². The second-order valence-corrected chi connectivity index (χ2v) is 10.8. The molecule has 0 aliphatic rings. The zero-order valence-electron chi connectivity index (χ0n) is 24.9. The van der Waals surface area contributed by atoms with Crippen LogP contribution in [-0.4, -0.2) is 12.5 Å². The van der Waals surface area contributed by atoms with E-state index in [9.17, 15) is 4.79 Å². The largest absolute Gasteiger partial charge is 1.00 e. The molecule has 0 bridgehead atoms. The molecule has 0 aliphatic carbocycles. The van der Waals surface area contributed by atoms with Gasteiger partial charge in [0.25, 0.3) is 5.91 Å². The van der Waals surface area contributed by atoms with Gasteiger partial charge in [-0.25, -0.2) is 4.57 Å². The second-order valence-electron chi connectivity index (χ2n) is 10.8. The Balaban J connectivity index is 0.00000560. The van der Waals surface area contributed by atoms with Crippen LogP contribution in [0.5, 0.6) is 5.75 Å². The molecule has 40 heavy (non-hydrogen) atoms. The summed E-state index contributed by atoms with van der Waals surface area (Å²) in [5, 5.41) is 0.